The summed E-state index contributed by atoms with van der Waals surface area (Å²) in [6, 6.07) is 7.53. The van der Waals surface area contributed by atoms with E-state index < -0.39 is 17.5 Å². The summed E-state index contributed by atoms with van der Waals surface area (Å²) in [5, 5.41) is 0. The van der Waals surface area contributed by atoms with E-state index in [-0.39, 0.29) is 29.4 Å². The van der Waals surface area contributed by atoms with Crippen LogP contribution in [0.2, 0.25) is 0 Å². The van der Waals surface area contributed by atoms with Crippen LogP contribution in [0.3, 0.4) is 0 Å². The maximum atomic E-state index is 13.7. The molecule has 2 aromatic rings. The average Bonchev–Trinajstić information content (AvgIpc) is 2.46. The van der Waals surface area contributed by atoms with Crippen LogP contribution in [-0.4, -0.2) is 5.88 Å². The Kier molecular flexibility index (Phi) is 5.13. The van der Waals surface area contributed by atoms with Crippen LogP contribution in [0.4, 0.5) is 13.2 Å². The SMILES string of the molecule is Fc1cc(OCc2c(F)cccc2F)ccc1C#CCCl. The van der Waals surface area contributed by atoms with Crippen LogP contribution in [0.1, 0.15) is 11.1 Å². The van der Waals surface area contributed by atoms with Crippen molar-refractivity contribution in [3.8, 4) is 17.6 Å². The van der Waals surface area contributed by atoms with Gasteiger partial charge in [-0.1, -0.05) is 17.9 Å². The zero-order valence-corrected chi connectivity index (χ0v) is 11.6. The summed E-state index contributed by atoms with van der Waals surface area (Å²) in [4.78, 5) is 0. The molecule has 0 amide bonds. The van der Waals surface area contributed by atoms with Gasteiger partial charge in [0.05, 0.1) is 17.0 Å². The van der Waals surface area contributed by atoms with Gasteiger partial charge < -0.3 is 4.74 Å². The highest BCUT2D eigenvalue weighted by atomic mass is 35.5. The van der Waals surface area contributed by atoms with E-state index in [1.807, 2.05) is 0 Å². The lowest BCUT2D eigenvalue weighted by Crippen LogP contribution is -2.02. The van der Waals surface area contributed by atoms with Crippen LogP contribution >= 0.6 is 11.6 Å². The fourth-order valence-corrected chi connectivity index (χ4v) is 1.71. The highest BCUT2D eigenvalue weighted by molar-refractivity contribution is 6.19. The summed E-state index contributed by atoms with van der Waals surface area (Å²) in [6.07, 6.45) is 0. The van der Waals surface area contributed by atoms with Crippen molar-refractivity contribution in [3.63, 3.8) is 0 Å². The minimum Gasteiger partial charge on any atom is -0.489 e. The minimum absolute atomic E-state index is 0.101. The third kappa shape index (κ3) is 3.93. The Morgan fingerprint density at radius 3 is 2.33 bits per heavy atom. The first-order valence-corrected chi connectivity index (χ1v) is 6.55. The number of ether oxygens (including phenoxy) is 1. The standard InChI is InChI=1S/C16H10ClF3O/c17-8-2-3-11-6-7-12(9-16(11)20)21-10-13-14(18)4-1-5-15(13)19/h1,4-7,9H,8,10H2. The monoisotopic (exact) mass is 310 g/mol. The maximum Gasteiger partial charge on any atom is 0.142 e. The molecule has 0 bridgehead atoms. The molecule has 0 spiro atoms. The van der Waals surface area contributed by atoms with Crippen LogP contribution < -0.4 is 4.74 Å². The number of hydrogen-bond acceptors (Lipinski definition) is 1. The molecule has 0 aliphatic heterocycles. The van der Waals surface area contributed by atoms with Crippen molar-refractivity contribution in [1.29, 1.82) is 0 Å². The van der Waals surface area contributed by atoms with E-state index in [1.54, 1.807) is 0 Å². The van der Waals surface area contributed by atoms with Crippen LogP contribution in [-0.2, 0) is 6.61 Å². The second kappa shape index (κ2) is 7.05. The summed E-state index contributed by atoms with van der Waals surface area (Å²) in [6.45, 7) is -0.329. The third-order valence-electron chi connectivity index (χ3n) is 2.68. The van der Waals surface area contributed by atoms with Gasteiger partial charge in [0, 0.05) is 6.07 Å². The van der Waals surface area contributed by atoms with Gasteiger partial charge in [0.2, 0.25) is 0 Å². The Bertz CT molecular complexity index is 684. The van der Waals surface area contributed by atoms with Gasteiger partial charge in [-0.3, -0.25) is 0 Å². The molecule has 1 nitrogen and oxygen atoms in total. The van der Waals surface area contributed by atoms with Crippen molar-refractivity contribution in [2.24, 2.45) is 0 Å². The van der Waals surface area contributed by atoms with Crippen LogP contribution in [0.15, 0.2) is 36.4 Å². The Morgan fingerprint density at radius 1 is 1.00 bits per heavy atom. The second-order valence-electron chi connectivity index (χ2n) is 4.07. The van der Waals surface area contributed by atoms with Gasteiger partial charge in [-0.15, -0.1) is 11.6 Å². The van der Waals surface area contributed by atoms with Gasteiger partial charge in [0.25, 0.3) is 0 Å². The van der Waals surface area contributed by atoms with Crippen LogP contribution in [0, 0.1) is 29.3 Å². The van der Waals surface area contributed by atoms with E-state index in [0.29, 0.717) is 0 Å². The molecule has 0 atom stereocenters. The van der Waals surface area contributed by atoms with E-state index in [4.69, 9.17) is 16.3 Å². The molecule has 2 rings (SSSR count). The lowest BCUT2D eigenvalue weighted by atomic mass is 10.2. The smallest absolute Gasteiger partial charge is 0.142 e. The Balaban J connectivity index is 2.12. The highest BCUT2D eigenvalue weighted by Crippen LogP contribution is 2.19. The van der Waals surface area contributed by atoms with Crippen LogP contribution in [0.25, 0.3) is 0 Å². The predicted molar refractivity (Wildman–Crippen MR) is 74.7 cm³/mol. The van der Waals surface area contributed by atoms with Gasteiger partial charge in [0.1, 0.15) is 29.8 Å². The molecule has 0 radical (unpaired) electrons. The molecule has 0 saturated carbocycles. The lowest BCUT2D eigenvalue weighted by molar-refractivity contribution is 0.291. The number of benzene rings is 2. The minimum atomic E-state index is -0.708. The summed E-state index contributed by atoms with van der Waals surface area (Å²) < 4.78 is 45.7. The van der Waals surface area contributed by atoms with Crippen molar-refractivity contribution in [1.82, 2.24) is 0 Å². The van der Waals surface area contributed by atoms with E-state index in [2.05, 4.69) is 11.8 Å². The second-order valence-corrected chi connectivity index (χ2v) is 4.33. The largest absolute Gasteiger partial charge is 0.489 e. The molecule has 2 aromatic carbocycles. The molecule has 0 heterocycles. The Labute approximate surface area is 125 Å². The molecule has 5 heteroatoms. The average molecular weight is 311 g/mol. The van der Waals surface area contributed by atoms with Gasteiger partial charge in [0.15, 0.2) is 0 Å². The van der Waals surface area contributed by atoms with Crippen molar-refractivity contribution in [2.75, 3.05) is 5.88 Å². The quantitative estimate of drug-likeness (QED) is 0.607. The van der Waals surface area contributed by atoms with Gasteiger partial charge in [-0.25, -0.2) is 13.2 Å². The molecule has 0 N–H and O–H groups in total. The number of alkyl halides is 1. The Hall–Kier alpha value is -2.12. The molecular formula is C16H10ClF3O. The zero-order valence-electron chi connectivity index (χ0n) is 10.8. The van der Waals surface area contributed by atoms with Gasteiger partial charge in [-0.05, 0) is 24.3 Å². The summed E-state index contributed by atoms with van der Waals surface area (Å²) in [5.41, 5.74) is -0.0241. The highest BCUT2D eigenvalue weighted by Gasteiger charge is 2.09. The predicted octanol–water partition coefficient (Wildman–Crippen LogP) is 4.27. The van der Waals surface area contributed by atoms with Crippen LogP contribution in [0.5, 0.6) is 5.75 Å². The first-order chi connectivity index (χ1) is 10.1. The summed E-state index contributed by atoms with van der Waals surface area (Å²) in [7, 11) is 0. The molecule has 108 valence electrons. The topological polar surface area (TPSA) is 9.23 Å². The van der Waals surface area contributed by atoms with E-state index in [1.165, 1.54) is 18.2 Å². The normalized spacial score (nSPS) is 9.90. The lowest BCUT2D eigenvalue weighted by Gasteiger charge is -2.08. The van der Waals surface area contributed by atoms with Crippen molar-refractivity contribution < 1.29 is 17.9 Å². The first kappa shape index (κ1) is 15.3. The van der Waals surface area contributed by atoms with Gasteiger partial charge >= 0.3 is 0 Å². The number of hydrogen-bond donors (Lipinski definition) is 0. The zero-order chi connectivity index (χ0) is 15.2. The summed E-state index contributed by atoms with van der Waals surface area (Å²) in [5.74, 6) is 3.34. The molecule has 0 aromatic heterocycles. The van der Waals surface area contributed by atoms with E-state index in [9.17, 15) is 13.2 Å². The third-order valence-corrected chi connectivity index (χ3v) is 2.81. The number of rotatable bonds is 3. The first-order valence-electron chi connectivity index (χ1n) is 6.02. The van der Waals surface area contributed by atoms with Crippen molar-refractivity contribution >= 4 is 11.6 Å². The molecular weight excluding hydrogens is 301 g/mol. The Morgan fingerprint density at radius 2 is 1.71 bits per heavy atom. The summed E-state index contributed by atoms with van der Waals surface area (Å²) >= 11 is 5.39. The maximum absolute atomic E-state index is 13.7. The van der Waals surface area contributed by atoms with E-state index >= 15 is 0 Å². The van der Waals surface area contributed by atoms with Crippen molar-refractivity contribution in [2.45, 2.75) is 6.61 Å². The number of halogens is 4. The molecule has 0 fully saturated rings. The van der Waals surface area contributed by atoms with E-state index in [0.717, 1.165) is 18.2 Å². The van der Waals surface area contributed by atoms with Gasteiger partial charge in [-0.2, -0.15) is 0 Å². The molecule has 0 saturated heterocycles. The molecule has 0 unspecified atom stereocenters. The fraction of sp³-hybridized carbons (Fsp3) is 0.125. The fourth-order valence-electron chi connectivity index (χ4n) is 1.64. The van der Waals surface area contributed by atoms with Crippen molar-refractivity contribution in [3.05, 3.63) is 65.0 Å². The molecule has 0 aliphatic rings. The molecule has 0 aliphatic carbocycles. The molecule has 21 heavy (non-hydrogen) atoms.